The molecular formula is C24H22N4O2. The van der Waals surface area contributed by atoms with Crippen LogP contribution in [0.15, 0.2) is 73.2 Å². The van der Waals surface area contributed by atoms with Crippen LogP contribution >= 0.6 is 0 Å². The van der Waals surface area contributed by atoms with E-state index in [-0.39, 0.29) is 5.41 Å². The SMILES string of the molecule is Cc1ccc(C2(c3ccc(OCc4ccnc(-c5ncc[nH]5)n4)cc3)COC2)cc1. The van der Waals surface area contributed by atoms with Crippen molar-refractivity contribution in [3.8, 4) is 17.4 Å². The van der Waals surface area contributed by atoms with Gasteiger partial charge < -0.3 is 14.5 Å². The van der Waals surface area contributed by atoms with Crippen molar-refractivity contribution in [2.24, 2.45) is 0 Å². The zero-order valence-corrected chi connectivity index (χ0v) is 16.7. The predicted molar refractivity (Wildman–Crippen MR) is 113 cm³/mol. The normalized spacial score (nSPS) is 14.8. The summed E-state index contributed by atoms with van der Waals surface area (Å²) in [5, 5.41) is 0. The second-order valence-corrected chi connectivity index (χ2v) is 7.56. The van der Waals surface area contributed by atoms with Gasteiger partial charge in [-0.05, 0) is 36.2 Å². The second kappa shape index (κ2) is 7.72. The summed E-state index contributed by atoms with van der Waals surface area (Å²) in [5.41, 5.74) is 4.52. The van der Waals surface area contributed by atoms with Crippen LogP contribution in [0.2, 0.25) is 0 Å². The quantitative estimate of drug-likeness (QED) is 0.530. The zero-order valence-electron chi connectivity index (χ0n) is 16.7. The summed E-state index contributed by atoms with van der Waals surface area (Å²) in [4.78, 5) is 16.0. The number of rotatable bonds is 6. The van der Waals surface area contributed by atoms with Crippen LogP contribution in [0, 0.1) is 6.92 Å². The Hall–Kier alpha value is -3.51. The fourth-order valence-electron chi connectivity index (χ4n) is 3.68. The number of hydrogen-bond donors (Lipinski definition) is 1. The number of imidazole rings is 1. The van der Waals surface area contributed by atoms with Gasteiger partial charge in [0.15, 0.2) is 11.6 Å². The number of aryl methyl sites for hydroxylation is 1. The highest BCUT2D eigenvalue weighted by Gasteiger charge is 2.41. The summed E-state index contributed by atoms with van der Waals surface area (Å²) in [7, 11) is 0. The van der Waals surface area contributed by atoms with Gasteiger partial charge in [-0.3, -0.25) is 0 Å². The Bertz CT molecular complexity index is 1120. The number of nitrogens with one attached hydrogen (secondary N) is 1. The maximum absolute atomic E-state index is 5.95. The molecule has 2 aromatic carbocycles. The molecule has 2 aromatic heterocycles. The number of aromatic nitrogens is 4. The van der Waals surface area contributed by atoms with E-state index in [9.17, 15) is 0 Å². The molecule has 3 heterocycles. The van der Waals surface area contributed by atoms with Crippen molar-refractivity contribution in [2.75, 3.05) is 13.2 Å². The average molecular weight is 398 g/mol. The first-order valence-electron chi connectivity index (χ1n) is 9.93. The Balaban J connectivity index is 1.30. The fourth-order valence-corrected chi connectivity index (χ4v) is 3.68. The number of hydrogen-bond acceptors (Lipinski definition) is 5. The molecule has 150 valence electrons. The minimum atomic E-state index is -0.0726. The highest BCUT2D eigenvalue weighted by Crippen LogP contribution is 2.39. The molecule has 6 nitrogen and oxygen atoms in total. The average Bonchev–Trinajstić information content (AvgIpc) is 3.29. The summed E-state index contributed by atoms with van der Waals surface area (Å²) in [5.74, 6) is 2.00. The molecule has 4 aromatic rings. The molecule has 0 aliphatic carbocycles. The van der Waals surface area contributed by atoms with Crippen LogP contribution in [0.1, 0.15) is 22.4 Å². The van der Waals surface area contributed by atoms with Gasteiger partial charge >= 0.3 is 0 Å². The summed E-state index contributed by atoms with van der Waals surface area (Å²) in [6, 6.07) is 18.9. The molecule has 1 aliphatic rings. The maximum atomic E-state index is 5.95. The van der Waals surface area contributed by atoms with E-state index in [0.29, 0.717) is 31.5 Å². The third kappa shape index (κ3) is 3.46. The zero-order chi connectivity index (χ0) is 20.4. The van der Waals surface area contributed by atoms with Crippen molar-refractivity contribution in [3.63, 3.8) is 0 Å². The topological polar surface area (TPSA) is 72.9 Å². The molecule has 30 heavy (non-hydrogen) atoms. The molecule has 6 heteroatoms. The van der Waals surface area contributed by atoms with E-state index in [1.165, 1.54) is 16.7 Å². The molecule has 0 radical (unpaired) electrons. The van der Waals surface area contributed by atoms with Gasteiger partial charge in [0.2, 0.25) is 0 Å². The lowest BCUT2D eigenvalue weighted by Crippen LogP contribution is -2.47. The van der Waals surface area contributed by atoms with Gasteiger partial charge in [0.1, 0.15) is 12.4 Å². The third-order valence-electron chi connectivity index (χ3n) is 5.52. The van der Waals surface area contributed by atoms with Crippen molar-refractivity contribution in [1.29, 1.82) is 0 Å². The van der Waals surface area contributed by atoms with Crippen molar-refractivity contribution in [3.05, 3.63) is 95.6 Å². The molecule has 1 aliphatic heterocycles. The van der Waals surface area contributed by atoms with Gasteiger partial charge in [0, 0.05) is 18.6 Å². The van der Waals surface area contributed by atoms with Gasteiger partial charge in [-0.15, -0.1) is 0 Å². The lowest BCUT2D eigenvalue weighted by molar-refractivity contribution is -0.0380. The van der Waals surface area contributed by atoms with Crippen molar-refractivity contribution in [1.82, 2.24) is 19.9 Å². The second-order valence-electron chi connectivity index (χ2n) is 7.56. The standard InChI is InChI=1S/C24H22N4O2/c1-17-2-4-18(5-3-17)24(15-29-16-24)19-6-8-21(9-7-19)30-14-20-10-11-25-23(28-20)22-26-12-13-27-22/h2-13H,14-16H2,1H3,(H,26,27). The van der Waals surface area contributed by atoms with E-state index in [1.807, 2.05) is 18.2 Å². The van der Waals surface area contributed by atoms with Crippen LogP contribution in [0.4, 0.5) is 0 Å². The van der Waals surface area contributed by atoms with Crippen molar-refractivity contribution in [2.45, 2.75) is 18.9 Å². The summed E-state index contributed by atoms with van der Waals surface area (Å²) < 4.78 is 11.6. The van der Waals surface area contributed by atoms with E-state index in [2.05, 4.69) is 63.3 Å². The van der Waals surface area contributed by atoms with Gasteiger partial charge in [-0.2, -0.15) is 0 Å². The minimum absolute atomic E-state index is 0.0726. The first-order chi connectivity index (χ1) is 14.7. The summed E-state index contributed by atoms with van der Waals surface area (Å²) >= 11 is 0. The van der Waals surface area contributed by atoms with Crippen LogP contribution in [-0.2, 0) is 16.8 Å². The van der Waals surface area contributed by atoms with Gasteiger partial charge in [0.25, 0.3) is 0 Å². The predicted octanol–water partition coefficient (Wildman–Crippen LogP) is 4.07. The van der Waals surface area contributed by atoms with E-state index in [0.717, 1.165) is 11.4 Å². The van der Waals surface area contributed by atoms with Gasteiger partial charge in [0.05, 0.1) is 24.3 Å². The van der Waals surface area contributed by atoms with Crippen LogP contribution in [0.25, 0.3) is 11.6 Å². The molecule has 1 fully saturated rings. The van der Waals surface area contributed by atoms with E-state index < -0.39 is 0 Å². The number of benzene rings is 2. The van der Waals surface area contributed by atoms with Crippen LogP contribution in [0.5, 0.6) is 5.75 Å². The molecule has 0 atom stereocenters. The van der Waals surface area contributed by atoms with E-state index in [4.69, 9.17) is 9.47 Å². The number of ether oxygens (including phenoxy) is 2. The van der Waals surface area contributed by atoms with E-state index >= 15 is 0 Å². The Kier molecular flexibility index (Phi) is 4.77. The molecule has 0 spiro atoms. The lowest BCUT2D eigenvalue weighted by Gasteiger charge is -2.42. The Morgan fingerprint density at radius 1 is 0.933 bits per heavy atom. The Morgan fingerprint density at radius 2 is 1.67 bits per heavy atom. The minimum Gasteiger partial charge on any atom is -0.487 e. The van der Waals surface area contributed by atoms with E-state index in [1.54, 1.807) is 18.6 Å². The molecule has 0 saturated carbocycles. The molecule has 5 rings (SSSR count). The maximum Gasteiger partial charge on any atom is 0.196 e. The van der Waals surface area contributed by atoms with Crippen LogP contribution < -0.4 is 4.74 Å². The van der Waals surface area contributed by atoms with Gasteiger partial charge in [-0.25, -0.2) is 15.0 Å². The lowest BCUT2D eigenvalue weighted by atomic mass is 9.73. The third-order valence-corrected chi connectivity index (χ3v) is 5.52. The monoisotopic (exact) mass is 398 g/mol. The molecule has 0 unspecified atom stereocenters. The first kappa shape index (κ1) is 18.5. The summed E-state index contributed by atoms with van der Waals surface area (Å²) in [6.45, 7) is 3.87. The Morgan fingerprint density at radius 3 is 2.30 bits per heavy atom. The Labute approximate surface area is 175 Å². The number of nitrogens with zero attached hydrogens (tertiary/aromatic N) is 3. The molecule has 0 bridgehead atoms. The van der Waals surface area contributed by atoms with Gasteiger partial charge in [-0.1, -0.05) is 42.0 Å². The molecule has 1 N–H and O–H groups in total. The molecular weight excluding hydrogens is 376 g/mol. The first-order valence-corrected chi connectivity index (χ1v) is 9.93. The van der Waals surface area contributed by atoms with Crippen molar-refractivity contribution >= 4 is 0 Å². The highest BCUT2D eigenvalue weighted by molar-refractivity contribution is 5.45. The highest BCUT2D eigenvalue weighted by atomic mass is 16.5. The molecule has 1 saturated heterocycles. The number of aromatic amines is 1. The van der Waals surface area contributed by atoms with Crippen LogP contribution in [-0.4, -0.2) is 33.1 Å². The van der Waals surface area contributed by atoms with Crippen LogP contribution in [0.3, 0.4) is 0 Å². The van der Waals surface area contributed by atoms with Crippen molar-refractivity contribution < 1.29 is 9.47 Å². The number of H-pyrrole nitrogens is 1. The summed E-state index contributed by atoms with van der Waals surface area (Å²) in [6.07, 6.45) is 5.15. The molecule has 0 amide bonds. The smallest absolute Gasteiger partial charge is 0.196 e. The largest absolute Gasteiger partial charge is 0.487 e. The fraction of sp³-hybridized carbons (Fsp3) is 0.208.